The number of nitrogens with zero attached hydrogens (tertiary/aromatic N) is 1. The molecule has 1 aliphatic heterocycles. The van der Waals surface area contributed by atoms with Crippen LogP contribution >= 0.6 is 0 Å². The van der Waals surface area contributed by atoms with Crippen molar-refractivity contribution in [2.75, 3.05) is 20.1 Å². The van der Waals surface area contributed by atoms with E-state index in [2.05, 4.69) is 31.0 Å². The number of piperidine rings is 1. The van der Waals surface area contributed by atoms with E-state index in [1.807, 2.05) is 7.05 Å². The van der Waals surface area contributed by atoms with E-state index in [1.165, 1.54) is 6.42 Å². The quantitative estimate of drug-likeness (QED) is 0.768. The molecular formula is C12H24N2O. The van der Waals surface area contributed by atoms with E-state index in [1.54, 1.807) is 0 Å². The summed E-state index contributed by atoms with van der Waals surface area (Å²) in [6.07, 6.45) is 1.87. The molecule has 88 valence electrons. The fourth-order valence-corrected chi connectivity index (χ4v) is 2.42. The maximum absolute atomic E-state index is 11.9. The first-order valence-corrected chi connectivity index (χ1v) is 6.00. The molecule has 3 heteroatoms. The number of nitrogens with one attached hydrogen (secondary N) is 1. The Morgan fingerprint density at radius 2 is 2.07 bits per heavy atom. The van der Waals surface area contributed by atoms with Crippen LogP contribution in [0.5, 0.6) is 0 Å². The Kier molecular flexibility index (Phi) is 4.58. The summed E-state index contributed by atoms with van der Waals surface area (Å²) in [5, 5.41) is 3.03. The van der Waals surface area contributed by atoms with Crippen LogP contribution in [0.3, 0.4) is 0 Å². The van der Waals surface area contributed by atoms with E-state index in [4.69, 9.17) is 0 Å². The van der Waals surface area contributed by atoms with E-state index >= 15 is 0 Å². The molecule has 3 unspecified atom stereocenters. The van der Waals surface area contributed by atoms with Gasteiger partial charge in [-0.25, -0.2) is 0 Å². The number of rotatable bonds is 3. The Bertz CT molecular complexity index is 218. The van der Waals surface area contributed by atoms with Crippen LogP contribution in [-0.4, -0.2) is 37.0 Å². The fourth-order valence-electron chi connectivity index (χ4n) is 2.42. The van der Waals surface area contributed by atoms with Gasteiger partial charge in [-0.15, -0.1) is 0 Å². The number of amides is 1. The van der Waals surface area contributed by atoms with Crippen molar-refractivity contribution in [2.45, 2.75) is 39.7 Å². The molecule has 0 aromatic rings. The first kappa shape index (κ1) is 12.5. The van der Waals surface area contributed by atoms with Crippen molar-refractivity contribution in [1.82, 2.24) is 10.2 Å². The van der Waals surface area contributed by atoms with Crippen molar-refractivity contribution in [1.29, 1.82) is 0 Å². The van der Waals surface area contributed by atoms with E-state index in [0.717, 1.165) is 13.1 Å². The van der Waals surface area contributed by atoms with Gasteiger partial charge in [-0.05, 0) is 32.2 Å². The van der Waals surface area contributed by atoms with Crippen LogP contribution in [0.25, 0.3) is 0 Å². The molecule has 15 heavy (non-hydrogen) atoms. The fraction of sp³-hybridized carbons (Fsp3) is 0.917. The SMILES string of the molecule is CNCCC(=O)N1CC(C)CC(C)C1C. The van der Waals surface area contributed by atoms with Crippen molar-refractivity contribution in [3.63, 3.8) is 0 Å². The molecule has 1 rings (SSSR count). The summed E-state index contributed by atoms with van der Waals surface area (Å²) in [6.45, 7) is 8.38. The van der Waals surface area contributed by atoms with Gasteiger partial charge in [0.15, 0.2) is 0 Å². The van der Waals surface area contributed by atoms with Crippen molar-refractivity contribution < 1.29 is 4.79 Å². The third kappa shape index (κ3) is 3.20. The summed E-state index contributed by atoms with van der Waals surface area (Å²) in [7, 11) is 1.89. The highest BCUT2D eigenvalue weighted by atomic mass is 16.2. The number of carbonyl (C=O) groups is 1. The molecule has 0 saturated carbocycles. The lowest BCUT2D eigenvalue weighted by Gasteiger charge is -2.41. The standard InChI is InChI=1S/C12H24N2O/c1-9-7-10(2)11(3)14(8-9)12(15)5-6-13-4/h9-11,13H,5-8H2,1-4H3. The van der Waals surface area contributed by atoms with Gasteiger partial charge in [0.2, 0.25) is 5.91 Å². The van der Waals surface area contributed by atoms with Crippen LogP contribution in [0.1, 0.15) is 33.6 Å². The monoisotopic (exact) mass is 212 g/mol. The summed E-state index contributed by atoms with van der Waals surface area (Å²) < 4.78 is 0. The number of hydrogen-bond acceptors (Lipinski definition) is 2. The van der Waals surface area contributed by atoms with E-state index in [0.29, 0.717) is 30.2 Å². The zero-order valence-electron chi connectivity index (χ0n) is 10.4. The number of likely N-dealkylation sites (tertiary alicyclic amines) is 1. The Morgan fingerprint density at radius 1 is 1.40 bits per heavy atom. The highest BCUT2D eigenvalue weighted by Crippen LogP contribution is 2.27. The van der Waals surface area contributed by atoms with Gasteiger partial charge in [0.25, 0.3) is 0 Å². The third-order valence-electron chi connectivity index (χ3n) is 3.51. The topological polar surface area (TPSA) is 32.3 Å². The van der Waals surface area contributed by atoms with E-state index < -0.39 is 0 Å². The van der Waals surface area contributed by atoms with Crippen LogP contribution in [0, 0.1) is 11.8 Å². The van der Waals surface area contributed by atoms with Crippen molar-refractivity contribution in [3.05, 3.63) is 0 Å². The molecule has 3 atom stereocenters. The predicted molar refractivity (Wildman–Crippen MR) is 62.7 cm³/mol. The second-order valence-electron chi connectivity index (χ2n) is 4.96. The molecule has 1 heterocycles. The largest absolute Gasteiger partial charge is 0.339 e. The molecule has 1 saturated heterocycles. The summed E-state index contributed by atoms with van der Waals surface area (Å²) in [5.74, 6) is 1.58. The highest BCUT2D eigenvalue weighted by Gasteiger charge is 2.31. The molecule has 0 bridgehead atoms. The van der Waals surface area contributed by atoms with Gasteiger partial charge in [-0.2, -0.15) is 0 Å². The van der Waals surface area contributed by atoms with Gasteiger partial charge in [-0.3, -0.25) is 4.79 Å². The van der Waals surface area contributed by atoms with Crippen LogP contribution in [0.15, 0.2) is 0 Å². The molecule has 1 N–H and O–H groups in total. The normalized spacial score (nSPS) is 31.7. The maximum atomic E-state index is 11.9. The van der Waals surface area contributed by atoms with Gasteiger partial charge in [0, 0.05) is 25.6 Å². The summed E-state index contributed by atoms with van der Waals surface area (Å²) >= 11 is 0. The lowest BCUT2D eigenvalue weighted by Crippen LogP contribution is -2.49. The van der Waals surface area contributed by atoms with E-state index in [9.17, 15) is 4.79 Å². The first-order valence-electron chi connectivity index (χ1n) is 6.00. The maximum Gasteiger partial charge on any atom is 0.224 e. The Labute approximate surface area is 93.2 Å². The third-order valence-corrected chi connectivity index (χ3v) is 3.51. The first-order chi connectivity index (χ1) is 7.06. The molecule has 0 aliphatic carbocycles. The van der Waals surface area contributed by atoms with Crippen molar-refractivity contribution in [2.24, 2.45) is 11.8 Å². The Morgan fingerprint density at radius 3 is 2.67 bits per heavy atom. The van der Waals surface area contributed by atoms with Gasteiger partial charge in [-0.1, -0.05) is 13.8 Å². The van der Waals surface area contributed by atoms with Crippen LogP contribution in [-0.2, 0) is 4.79 Å². The smallest absolute Gasteiger partial charge is 0.224 e. The molecular weight excluding hydrogens is 188 g/mol. The summed E-state index contributed by atoms with van der Waals surface area (Å²) in [6, 6.07) is 0.408. The summed E-state index contributed by atoms with van der Waals surface area (Å²) in [4.78, 5) is 14.0. The molecule has 0 radical (unpaired) electrons. The molecule has 0 spiro atoms. The second kappa shape index (κ2) is 5.50. The molecule has 1 aliphatic rings. The molecule has 0 aromatic carbocycles. The average molecular weight is 212 g/mol. The Balaban J connectivity index is 2.54. The van der Waals surface area contributed by atoms with Crippen LogP contribution in [0.4, 0.5) is 0 Å². The average Bonchev–Trinajstić information content (AvgIpc) is 2.19. The van der Waals surface area contributed by atoms with Gasteiger partial charge in [0.1, 0.15) is 0 Å². The Hall–Kier alpha value is -0.570. The molecule has 1 amide bonds. The minimum atomic E-state index is 0.301. The minimum absolute atomic E-state index is 0.301. The van der Waals surface area contributed by atoms with Crippen LogP contribution in [0.2, 0.25) is 0 Å². The molecule has 1 fully saturated rings. The van der Waals surface area contributed by atoms with Crippen molar-refractivity contribution in [3.8, 4) is 0 Å². The van der Waals surface area contributed by atoms with Gasteiger partial charge in [0.05, 0.1) is 0 Å². The van der Waals surface area contributed by atoms with Gasteiger partial charge >= 0.3 is 0 Å². The lowest BCUT2D eigenvalue weighted by atomic mass is 9.86. The van der Waals surface area contributed by atoms with Crippen LogP contribution < -0.4 is 5.32 Å². The van der Waals surface area contributed by atoms with Gasteiger partial charge < -0.3 is 10.2 Å². The predicted octanol–water partition coefficient (Wildman–Crippen LogP) is 1.49. The number of carbonyl (C=O) groups excluding carboxylic acids is 1. The van der Waals surface area contributed by atoms with E-state index in [-0.39, 0.29) is 0 Å². The minimum Gasteiger partial charge on any atom is -0.339 e. The highest BCUT2D eigenvalue weighted by molar-refractivity contribution is 5.76. The molecule has 3 nitrogen and oxygen atoms in total. The zero-order chi connectivity index (χ0) is 11.4. The summed E-state index contributed by atoms with van der Waals surface area (Å²) in [5.41, 5.74) is 0. The lowest BCUT2D eigenvalue weighted by molar-refractivity contribution is -0.136. The zero-order valence-corrected chi connectivity index (χ0v) is 10.4. The molecule has 0 aromatic heterocycles. The van der Waals surface area contributed by atoms with Crippen molar-refractivity contribution >= 4 is 5.91 Å². The number of hydrogen-bond donors (Lipinski definition) is 1. The second-order valence-corrected chi connectivity index (χ2v) is 4.96.